The van der Waals surface area contributed by atoms with Gasteiger partial charge in [-0.1, -0.05) is 13.3 Å². The Morgan fingerprint density at radius 2 is 2.17 bits per heavy atom. The first-order chi connectivity index (χ1) is 11.3. The quantitative estimate of drug-likeness (QED) is 0.890. The Morgan fingerprint density at radius 1 is 1.35 bits per heavy atom. The minimum absolute atomic E-state index is 0.00218. The summed E-state index contributed by atoms with van der Waals surface area (Å²) in [6, 6.07) is 7.67. The maximum absolute atomic E-state index is 12.6. The summed E-state index contributed by atoms with van der Waals surface area (Å²) in [6.45, 7) is 4.17. The number of aromatic amines is 1. The molecule has 122 valence electrons. The van der Waals surface area contributed by atoms with Gasteiger partial charge < -0.3 is 5.32 Å². The molecule has 6 heteroatoms. The van der Waals surface area contributed by atoms with Crippen molar-refractivity contribution >= 4 is 11.6 Å². The van der Waals surface area contributed by atoms with Crippen molar-refractivity contribution in [3.05, 3.63) is 30.6 Å². The molecular weight excluding hydrogens is 290 g/mol. The predicted molar refractivity (Wildman–Crippen MR) is 90.0 cm³/mol. The SMILES string of the molecule is CCCN1CCCCC1C(=O)Nc1ccc(-c2ncn[nH]2)cc1. The molecule has 1 saturated heterocycles. The van der Waals surface area contributed by atoms with E-state index in [0.29, 0.717) is 0 Å². The van der Waals surface area contributed by atoms with Crippen LogP contribution in [0, 0.1) is 0 Å². The van der Waals surface area contributed by atoms with E-state index in [1.165, 1.54) is 12.7 Å². The molecule has 23 heavy (non-hydrogen) atoms. The van der Waals surface area contributed by atoms with Crippen molar-refractivity contribution in [1.82, 2.24) is 20.1 Å². The molecule has 1 fully saturated rings. The van der Waals surface area contributed by atoms with Crippen LogP contribution in [0.4, 0.5) is 5.69 Å². The average Bonchev–Trinajstić information content (AvgIpc) is 3.11. The van der Waals surface area contributed by atoms with Gasteiger partial charge in [-0.15, -0.1) is 0 Å². The number of nitrogens with one attached hydrogen (secondary N) is 2. The normalized spacial score (nSPS) is 18.7. The molecule has 1 aliphatic rings. The monoisotopic (exact) mass is 313 g/mol. The van der Waals surface area contributed by atoms with Gasteiger partial charge in [0, 0.05) is 11.3 Å². The number of anilines is 1. The van der Waals surface area contributed by atoms with E-state index in [1.54, 1.807) is 0 Å². The van der Waals surface area contributed by atoms with Crippen molar-refractivity contribution in [3.8, 4) is 11.4 Å². The molecule has 1 aromatic carbocycles. The number of piperidine rings is 1. The number of nitrogens with zero attached hydrogens (tertiary/aromatic N) is 3. The fourth-order valence-electron chi connectivity index (χ4n) is 3.12. The van der Waals surface area contributed by atoms with Gasteiger partial charge in [-0.3, -0.25) is 14.8 Å². The topological polar surface area (TPSA) is 73.9 Å². The van der Waals surface area contributed by atoms with Gasteiger partial charge in [0.05, 0.1) is 6.04 Å². The number of benzene rings is 1. The number of carbonyl (C=O) groups is 1. The molecule has 1 aromatic heterocycles. The average molecular weight is 313 g/mol. The van der Waals surface area contributed by atoms with Gasteiger partial charge >= 0.3 is 0 Å². The van der Waals surface area contributed by atoms with Crippen LogP contribution in [0.2, 0.25) is 0 Å². The lowest BCUT2D eigenvalue weighted by atomic mass is 10.0. The highest BCUT2D eigenvalue weighted by atomic mass is 16.2. The summed E-state index contributed by atoms with van der Waals surface area (Å²) in [6.07, 6.45) is 5.83. The van der Waals surface area contributed by atoms with E-state index in [4.69, 9.17) is 0 Å². The van der Waals surface area contributed by atoms with E-state index in [1.807, 2.05) is 24.3 Å². The van der Waals surface area contributed by atoms with Crippen molar-refractivity contribution in [1.29, 1.82) is 0 Å². The summed E-state index contributed by atoms with van der Waals surface area (Å²) >= 11 is 0. The summed E-state index contributed by atoms with van der Waals surface area (Å²) in [5, 5.41) is 9.72. The van der Waals surface area contributed by atoms with Crippen LogP contribution in [-0.4, -0.2) is 45.1 Å². The second kappa shape index (κ2) is 7.37. The van der Waals surface area contributed by atoms with Crippen molar-refractivity contribution in [3.63, 3.8) is 0 Å². The van der Waals surface area contributed by atoms with Crippen LogP contribution < -0.4 is 5.32 Å². The predicted octanol–water partition coefficient (Wildman–Crippen LogP) is 2.67. The van der Waals surface area contributed by atoms with Crippen molar-refractivity contribution in [2.24, 2.45) is 0 Å². The molecule has 0 radical (unpaired) electrons. The van der Waals surface area contributed by atoms with E-state index in [-0.39, 0.29) is 11.9 Å². The van der Waals surface area contributed by atoms with E-state index in [9.17, 15) is 4.79 Å². The van der Waals surface area contributed by atoms with Crippen molar-refractivity contribution < 1.29 is 4.79 Å². The summed E-state index contributed by atoms with van der Waals surface area (Å²) in [7, 11) is 0. The Balaban J connectivity index is 1.65. The summed E-state index contributed by atoms with van der Waals surface area (Å²) in [5.41, 5.74) is 1.77. The van der Waals surface area contributed by atoms with Crippen molar-refractivity contribution in [2.45, 2.75) is 38.6 Å². The van der Waals surface area contributed by atoms with Crippen LogP contribution >= 0.6 is 0 Å². The molecule has 0 saturated carbocycles. The van der Waals surface area contributed by atoms with E-state index in [2.05, 4.69) is 32.3 Å². The highest BCUT2D eigenvalue weighted by Gasteiger charge is 2.27. The van der Waals surface area contributed by atoms with Gasteiger partial charge in [-0.25, -0.2) is 4.98 Å². The van der Waals surface area contributed by atoms with Crippen LogP contribution in [-0.2, 0) is 4.79 Å². The van der Waals surface area contributed by atoms with Crippen LogP contribution in [0.15, 0.2) is 30.6 Å². The lowest BCUT2D eigenvalue weighted by molar-refractivity contribution is -0.122. The smallest absolute Gasteiger partial charge is 0.241 e. The number of rotatable bonds is 5. The molecule has 1 aliphatic heterocycles. The molecule has 0 spiro atoms. The number of hydrogen-bond donors (Lipinski definition) is 2. The molecule has 1 atom stereocenters. The van der Waals surface area contributed by atoms with Gasteiger partial charge in [-0.2, -0.15) is 5.10 Å². The highest BCUT2D eigenvalue weighted by molar-refractivity contribution is 5.95. The maximum Gasteiger partial charge on any atom is 0.241 e. The van der Waals surface area contributed by atoms with Gasteiger partial charge in [-0.05, 0) is 56.6 Å². The largest absolute Gasteiger partial charge is 0.325 e. The number of carbonyl (C=O) groups excluding carboxylic acids is 1. The van der Waals surface area contributed by atoms with Crippen LogP contribution in [0.1, 0.15) is 32.6 Å². The van der Waals surface area contributed by atoms with Crippen LogP contribution in [0.5, 0.6) is 0 Å². The number of hydrogen-bond acceptors (Lipinski definition) is 4. The molecule has 1 amide bonds. The van der Waals surface area contributed by atoms with E-state index < -0.39 is 0 Å². The summed E-state index contributed by atoms with van der Waals surface area (Å²) in [5.74, 6) is 0.829. The zero-order valence-electron chi connectivity index (χ0n) is 13.5. The molecule has 2 aromatic rings. The molecule has 0 bridgehead atoms. The fraction of sp³-hybridized carbons (Fsp3) is 0.471. The molecule has 2 heterocycles. The zero-order chi connectivity index (χ0) is 16.1. The lowest BCUT2D eigenvalue weighted by Gasteiger charge is -2.34. The zero-order valence-corrected chi connectivity index (χ0v) is 13.5. The van der Waals surface area contributed by atoms with E-state index >= 15 is 0 Å². The third-order valence-corrected chi connectivity index (χ3v) is 4.27. The Morgan fingerprint density at radius 3 is 2.87 bits per heavy atom. The fourth-order valence-corrected chi connectivity index (χ4v) is 3.12. The lowest BCUT2D eigenvalue weighted by Crippen LogP contribution is -2.47. The maximum atomic E-state index is 12.6. The molecule has 3 rings (SSSR count). The Hall–Kier alpha value is -2.21. The van der Waals surface area contributed by atoms with E-state index in [0.717, 1.165) is 49.4 Å². The molecule has 0 aliphatic carbocycles. The van der Waals surface area contributed by atoms with Gasteiger partial charge in [0.2, 0.25) is 5.91 Å². The Labute approximate surface area is 136 Å². The number of likely N-dealkylation sites (tertiary alicyclic amines) is 1. The molecule has 6 nitrogen and oxygen atoms in total. The number of amides is 1. The first-order valence-electron chi connectivity index (χ1n) is 8.28. The number of aromatic nitrogens is 3. The first-order valence-corrected chi connectivity index (χ1v) is 8.28. The number of H-pyrrole nitrogens is 1. The highest BCUT2D eigenvalue weighted by Crippen LogP contribution is 2.21. The second-order valence-corrected chi connectivity index (χ2v) is 5.95. The van der Waals surface area contributed by atoms with Gasteiger partial charge in [0.1, 0.15) is 6.33 Å². The second-order valence-electron chi connectivity index (χ2n) is 5.95. The third-order valence-electron chi connectivity index (χ3n) is 4.27. The third kappa shape index (κ3) is 3.76. The first kappa shape index (κ1) is 15.7. The van der Waals surface area contributed by atoms with Crippen LogP contribution in [0.3, 0.4) is 0 Å². The summed E-state index contributed by atoms with van der Waals surface area (Å²) < 4.78 is 0. The Bertz CT molecular complexity index is 621. The standard InChI is InChI=1S/C17H23N5O/c1-2-10-22-11-4-3-5-15(22)17(23)20-14-8-6-13(7-9-14)16-18-12-19-21-16/h6-9,12,15H,2-5,10-11H2,1H3,(H,20,23)(H,18,19,21). The Kier molecular flexibility index (Phi) is 5.02. The minimum atomic E-state index is -0.00218. The molecule has 2 N–H and O–H groups in total. The molecular formula is C17H23N5O. The minimum Gasteiger partial charge on any atom is -0.325 e. The van der Waals surface area contributed by atoms with Gasteiger partial charge in [0.15, 0.2) is 5.82 Å². The molecule has 1 unspecified atom stereocenters. The van der Waals surface area contributed by atoms with Crippen molar-refractivity contribution in [2.75, 3.05) is 18.4 Å². The summed E-state index contributed by atoms with van der Waals surface area (Å²) in [4.78, 5) is 19.0. The van der Waals surface area contributed by atoms with Gasteiger partial charge in [0.25, 0.3) is 0 Å². The van der Waals surface area contributed by atoms with Crippen LogP contribution in [0.25, 0.3) is 11.4 Å².